The Balaban J connectivity index is 1.47. The average Bonchev–Trinajstić information content (AvgIpc) is 3.20. The Bertz CT molecular complexity index is 1590. The summed E-state index contributed by atoms with van der Waals surface area (Å²) in [6.45, 7) is 2.08. The number of nitrogens with one attached hydrogen (secondary N) is 1. The molecule has 4 aromatic rings. The van der Waals surface area contributed by atoms with Crippen molar-refractivity contribution in [1.29, 1.82) is 0 Å². The van der Waals surface area contributed by atoms with E-state index >= 15 is 0 Å². The Morgan fingerprint density at radius 3 is 2.42 bits per heavy atom. The highest BCUT2D eigenvalue weighted by Gasteiger charge is 2.33. The molecule has 0 bridgehead atoms. The van der Waals surface area contributed by atoms with Crippen molar-refractivity contribution in [3.05, 3.63) is 123 Å². The van der Waals surface area contributed by atoms with E-state index in [0.29, 0.717) is 23.4 Å². The molecule has 0 saturated heterocycles. The first-order chi connectivity index (χ1) is 19.4. The van der Waals surface area contributed by atoms with Gasteiger partial charge in [0.15, 0.2) is 5.76 Å². The second-order valence-electron chi connectivity index (χ2n) is 9.72. The summed E-state index contributed by atoms with van der Waals surface area (Å²) < 4.78 is 15.6. The van der Waals surface area contributed by atoms with Gasteiger partial charge in [0.2, 0.25) is 6.29 Å². The van der Waals surface area contributed by atoms with E-state index in [4.69, 9.17) is 15.2 Å². The van der Waals surface area contributed by atoms with Gasteiger partial charge in [-0.3, -0.25) is 14.3 Å². The van der Waals surface area contributed by atoms with E-state index in [1.165, 1.54) is 0 Å². The Kier molecular flexibility index (Phi) is 7.86. The van der Waals surface area contributed by atoms with E-state index in [9.17, 15) is 14.7 Å². The lowest BCUT2D eigenvalue weighted by Crippen LogP contribution is -2.31. The Morgan fingerprint density at radius 1 is 1.05 bits per heavy atom. The second-order valence-corrected chi connectivity index (χ2v) is 9.72. The summed E-state index contributed by atoms with van der Waals surface area (Å²) in [5.41, 5.74) is 10.5. The van der Waals surface area contributed by atoms with E-state index in [1.54, 1.807) is 35.0 Å². The van der Waals surface area contributed by atoms with Crippen LogP contribution in [0.25, 0.3) is 5.69 Å². The van der Waals surface area contributed by atoms with Crippen LogP contribution < -0.4 is 16.6 Å². The number of benzene rings is 3. The Morgan fingerprint density at radius 2 is 1.73 bits per heavy atom. The van der Waals surface area contributed by atoms with Gasteiger partial charge >= 0.3 is 0 Å². The smallest absolute Gasteiger partial charge is 0.290 e. The van der Waals surface area contributed by atoms with Crippen LogP contribution in [0.5, 0.6) is 0 Å². The van der Waals surface area contributed by atoms with Crippen LogP contribution in [-0.2, 0) is 34.5 Å². The molecule has 0 fully saturated rings. The summed E-state index contributed by atoms with van der Waals surface area (Å²) >= 11 is 0. The highest BCUT2D eigenvalue weighted by molar-refractivity contribution is 6.04. The number of carbonyl (C=O) groups excluding carboxylic acids is 1. The van der Waals surface area contributed by atoms with Crippen molar-refractivity contribution in [2.75, 3.05) is 11.1 Å². The van der Waals surface area contributed by atoms with Crippen molar-refractivity contribution < 1.29 is 19.4 Å². The topological polar surface area (TPSA) is 121 Å². The van der Waals surface area contributed by atoms with Gasteiger partial charge in [0.1, 0.15) is 0 Å². The predicted octanol–water partition coefficient (Wildman–Crippen LogP) is 4.13. The van der Waals surface area contributed by atoms with Crippen LogP contribution in [0, 0.1) is 6.92 Å². The highest BCUT2D eigenvalue weighted by atomic mass is 16.7. The molecule has 0 spiro atoms. The first-order valence-electron chi connectivity index (χ1n) is 13.0. The minimum absolute atomic E-state index is 0.0410. The van der Waals surface area contributed by atoms with Gasteiger partial charge in [0, 0.05) is 30.6 Å². The van der Waals surface area contributed by atoms with Gasteiger partial charge in [-0.2, -0.15) is 0 Å². The maximum Gasteiger partial charge on any atom is 0.290 e. The molecule has 1 aromatic heterocycles. The Labute approximate surface area is 232 Å². The molecule has 206 valence electrons. The Hall–Kier alpha value is -4.60. The maximum atomic E-state index is 13.8. The molecule has 1 amide bonds. The van der Waals surface area contributed by atoms with Gasteiger partial charge in [-0.1, -0.05) is 54.6 Å². The zero-order valence-electron chi connectivity index (χ0n) is 22.4. The summed E-state index contributed by atoms with van der Waals surface area (Å²) in [6.07, 6.45) is 1.24. The molecule has 9 nitrogen and oxygen atoms in total. The fraction of sp³-hybridized carbons (Fsp3) is 0.226. The molecule has 0 radical (unpaired) electrons. The summed E-state index contributed by atoms with van der Waals surface area (Å²) in [5.74, 6) is -0.873. The monoisotopic (exact) mass is 540 g/mol. The molecular weight excluding hydrogens is 508 g/mol. The van der Waals surface area contributed by atoms with Gasteiger partial charge in [-0.25, -0.2) is 4.68 Å². The number of nitrogens with two attached hydrogens (primary N) is 1. The van der Waals surface area contributed by atoms with Crippen LogP contribution in [0.15, 0.2) is 95.5 Å². The number of para-hydroxylation sites is 3. The number of aliphatic hydroxyl groups excluding tert-OH is 1. The average molecular weight is 541 g/mol. The zero-order chi connectivity index (χ0) is 28.2. The number of allylic oxidation sites excluding steroid dienone is 1. The van der Waals surface area contributed by atoms with Crippen LogP contribution in [-0.4, -0.2) is 26.7 Å². The number of ether oxygens (including phenoxy) is 2. The molecule has 9 heteroatoms. The summed E-state index contributed by atoms with van der Waals surface area (Å²) in [4.78, 5) is 27.1. The number of aliphatic hydroxyl groups is 1. The third kappa shape index (κ3) is 5.56. The van der Waals surface area contributed by atoms with Crippen molar-refractivity contribution in [3.63, 3.8) is 0 Å². The second kappa shape index (κ2) is 11.6. The molecule has 0 unspecified atom stereocenters. The van der Waals surface area contributed by atoms with Gasteiger partial charge < -0.3 is 25.6 Å². The molecule has 40 heavy (non-hydrogen) atoms. The summed E-state index contributed by atoms with van der Waals surface area (Å²) in [7, 11) is 1.84. The van der Waals surface area contributed by atoms with Gasteiger partial charge in [-0.05, 0) is 48.4 Å². The molecule has 1 aliphatic rings. The quantitative estimate of drug-likeness (QED) is 0.289. The maximum absolute atomic E-state index is 13.8. The van der Waals surface area contributed by atoms with E-state index in [0.717, 1.165) is 22.5 Å². The molecule has 2 heterocycles. The minimum Gasteiger partial charge on any atom is -0.459 e. The normalized spacial score (nSPS) is 16.7. The van der Waals surface area contributed by atoms with Gasteiger partial charge in [0.25, 0.3) is 11.5 Å². The van der Waals surface area contributed by atoms with Gasteiger partial charge in [0.05, 0.1) is 30.3 Å². The van der Waals surface area contributed by atoms with E-state index in [1.807, 2.05) is 73.3 Å². The van der Waals surface area contributed by atoms with Crippen LogP contribution in [0.1, 0.15) is 34.7 Å². The molecule has 3 aromatic carbocycles. The number of nitrogen functional groups attached to an aromatic ring is 1. The lowest BCUT2D eigenvalue weighted by Gasteiger charge is -2.29. The first-order valence-corrected chi connectivity index (χ1v) is 13.0. The van der Waals surface area contributed by atoms with Crippen molar-refractivity contribution in [2.45, 2.75) is 38.8 Å². The number of anilines is 2. The number of rotatable bonds is 8. The number of hydrogen-bond acceptors (Lipinski definition) is 6. The van der Waals surface area contributed by atoms with E-state index in [2.05, 4.69) is 5.32 Å². The van der Waals surface area contributed by atoms with Crippen molar-refractivity contribution >= 4 is 17.3 Å². The number of nitrogens with zero attached hydrogens (tertiary/aromatic N) is 2. The first kappa shape index (κ1) is 27.0. The largest absolute Gasteiger partial charge is 0.459 e. The molecule has 5 rings (SSSR count). The highest BCUT2D eigenvalue weighted by Crippen LogP contribution is 2.33. The van der Waals surface area contributed by atoms with Crippen LogP contribution >= 0.6 is 0 Å². The molecule has 0 aliphatic carbocycles. The molecule has 0 saturated carbocycles. The number of aromatic nitrogens is 2. The fourth-order valence-corrected chi connectivity index (χ4v) is 4.86. The SMILES string of the molecule is Cc1c([C@@H]2C=C(C(=O)Nc3ccccc3N)O[C@H](OCc3ccc(CO)cc3)C2)c(=O)n(-c2ccccc2)n1C. The van der Waals surface area contributed by atoms with Crippen molar-refractivity contribution in [1.82, 2.24) is 9.36 Å². The lowest BCUT2D eigenvalue weighted by atomic mass is 9.93. The van der Waals surface area contributed by atoms with Crippen LogP contribution in [0.2, 0.25) is 0 Å². The number of carbonyl (C=O) groups is 1. The summed E-state index contributed by atoms with van der Waals surface area (Å²) in [5, 5.41) is 12.1. The zero-order valence-corrected chi connectivity index (χ0v) is 22.4. The fourth-order valence-electron chi connectivity index (χ4n) is 4.86. The molecule has 1 aliphatic heterocycles. The summed E-state index contributed by atoms with van der Waals surface area (Å²) in [6, 6.07) is 23.8. The number of amides is 1. The van der Waals surface area contributed by atoms with E-state index < -0.39 is 18.1 Å². The van der Waals surface area contributed by atoms with Gasteiger partial charge in [-0.15, -0.1) is 0 Å². The van der Waals surface area contributed by atoms with Crippen LogP contribution in [0.3, 0.4) is 0 Å². The molecular formula is C31H32N4O5. The third-order valence-electron chi connectivity index (χ3n) is 7.10. The molecule has 2 atom stereocenters. The molecule has 4 N–H and O–H groups in total. The van der Waals surface area contributed by atoms with Crippen LogP contribution in [0.4, 0.5) is 11.4 Å². The number of hydrogen-bond donors (Lipinski definition) is 3. The predicted molar refractivity (Wildman–Crippen MR) is 153 cm³/mol. The van der Waals surface area contributed by atoms with Crippen molar-refractivity contribution in [2.24, 2.45) is 7.05 Å². The lowest BCUT2D eigenvalue weighted by molar-refractivity contribution is -0.147. The van der Waals surface area contributed by atoms with Crippen molar-refractivity contribution in [3.8, 4) is 5.69 Å². The minimum atomic E-state index is -0.787. The van der Waals surface area contributed by atoms with E-state index in [-0.39, 0.29) is 24.5 Å². The third-order valence-corrected chi connectivity index (χ3v) is 7.10. The standard InChI is InChI=1S/C31H32N4O5/c1-20-29(31(38)35(34(20)2)24-8-4-3-5-9-24)23-16-27(30(37)33-26-11-7-6-10-25(26)32)40-28(17-23)39-19-22-14-12-21(18-36)13-15-22/h3-16,23,28,36H,17-19,32H2,1-2H3,(H,33,37)/t23-,28+/m1/s1.